The quantitative estimate of drug-likeness (QED) is 0.670. The number of nitrogens with one attached hydrogen (secondary N) is 1. The van der Waals surface area contributed by atoms with Gasteiger partial charge in [-0.2, -0.15) is 0 Å². The second-order valence-electron chi connectivity index (χ2n) is 5.59. The minimum absolute atomic E-state index is 0.0454. The van der Waals surface area contributed by atoms with Gasteiger partial charge in [0.25, 0.3) is 0 Å². The molecule has 1 fully saturated rings. The lowest BCUT2D eigenvalue weighted by Gasteiger charge is -2.42. The summed E-state index contributed by atoms with van der Waals surface area (Å²) in [7, 11) is 1.76. The highest BCUT2D eigenvalue weighted by Gasteiger charge is 2.41. The van der Waals surface area contributed by atoms with E-state index in [2.05, 4.69) is 47.9 Å². The SMILES string of the molecule is COC1(C(NN)c2ccc3ccccc3c2)CCOCC1. The van der Waals surface area contributed by atoms with Crippen molar-refractivity contribution in [2.75, 3.05) is 20.3 Å². The molecule has 0 bridgehead atoms. The predicted molar refractivity (Wildman–Crippen MR) is 83.8 cm³/mol. The Hall–Kier alpha value is -1.46. The summed E-state index contributed by atoms with van der Waals surface area (Å²) >= 11 is 0. The highest BCUT2D eigenvalue weighted by molar-refractivity contribution is 5.83. The Morgan fingerprint density at radius 3 is 2.52 bits per heavy atom. The Labute approximate surface area is 125 Å². The molecule has 0 spiro atoms. The zero-order chi connectivity index (χ0) is 14.7. The number of rotatable bonds is 4. The largest absolute Gasteiger partial charge is 0.381 e. The Morgan fingerprint density at radius 2 is 1.86 bits per heavy atom. The molecule has 112 valence electrons. The van der Waals surface area contributed by atoms with Gasteiger partial charge in [0.2, 0.25) is 0 Å². The van der Waals surface area contributed by atoms with E-state index < -0.39 is 0 Å². The Kier molecular flexibility index (Phi) is 4.22. The maximum absolute atomic E-state index is 5.88. The summed E-state index contributed by atoms with van der Waals surface area (Å²) < 4.78 is 11.4. The fraction of sp³-hybridized carbons (Fsp3) is 0.412. The van der Waals surface area contributed by atoms with Crippen molar-refractivity contribution in [2.24, 2.45) is 5.84 Å². The smallest absolute Gasteiger partial charge is 0.0929 e. The summed E-state index contributed by atoms with van der Waals surface area (Å²) in [5, 5.41) is 2.45. The van der Waals surface area contributed by atoms with Crippen molar-refractivity contribution in [3.05, 3.63) is 48.0 Å². The monoisotopic (exact) mass is 286 g/mol. The highest BCUT2D eigenvalue weighted by atomic mass is 16.5. The number of nitrogens with two attached hydrogens (primary N) is 1. The molecule has 0 aromatic heterocycles. The molecular weight excluding hydrogens is 264 g/mol. The zero-order valence-electron chi connectivity index (χ0n) is 12.3. The van der Waals surface area contributed by atoms with Gasteiger partial charge in [0.05, 0.1) is 11.6 Å². The second-order valence-corrected chi connectivity index (χ2v) is 5.59. The van der Waals surface area contributed by atoms with Crippen LogP contribution in [0.1, 0.15) is 24.4 Å². The molecule has 0 radical (unpaired) electrons. The number of hydrazine groups is 1. The first kappa shape index (κ1) is 14.5. The molecule has 0 saturated carbocycles. The standard InChI is InChI=1S/C17H22N2O2/c1-20-17(8-10-21-11-9-17)16(19-18)15-7-6-13-4-2-3-5-14(13)12-15/h2-7,12,16,19H,8-11,18H2,1H3. The lowest BCUT2D eigenvalue weighted by atomic mass is 9.82. The van der Waals surface area contributed by atoms with Crippen LogP contribution in [0.3, 0.4) is 0 Å². The molecule has 1 unspecified atom stereocenters. The third-order valence-electron chi connectivity index (χ3n) is 4.55. The molecule has 3 N–H and O–H groups in total. The van der Waals surface area contributed by atoms with Gasteiger partial charge in [-0.3, -0.25) is 11.3 Å². The van der Waals surface area contributed by atoms with E-state index in [1.165, 1.54) is 10.8 Å². The van der Waals surface area contributed by atoms with Crippen LogP contribution in [0.5, 0.6) is 0 Å². The molecule has 0 aliphatic carbocycles. The molecule has 2 aromatic carbocycles. The second kappa shape index (κ2) is 6.12. The average molecular weight is 286 g/mol. The third kappa shape index (κ3) is 2.68. The van der Waals surface area contributed by atoms with E-state index in [-0.39, 0.29) is 11.6 Å². The normalized spacial score (nSPS) is 19.5. The maximum atomic E-state index is 5.88. The molecule has 4 nitrogen and oxygen atoms in total. The van der Waals surface area contributed by atoms with E-state index in [0.29, 0.717) is 13.2 Å². The highest BCUT2D eigenvalue weighted by Crippen LogP contribution is 2.37. The number of fused-ring (bicyclic) bond motifs is 1. The minimum Gasteiger partial charge on any atom is -0.381 e. The first-order valence-electron chi connectivity index (χ1n) is 7.37. The molecule has 4 heteroatoms. The van der Waals surface area contributed by atoms with Crippen LogP contribution in [0, 0.1) is 0 Å². The molecule has 1 aliphatic heterocycles. The molecule has 1 aliphatic rings. The lowest BCUT2D eigenvalue weighted by Crippen LogP contribution is -2.51. The van der Waals surface area contributed by atoms with Crippen LogP contribution in [-0.4, -0.2) is 25.9 Å². The fourth-order valence-electron chi connectivity index (χ4n) is 3.27. The van der Waals surface area contributed by atoms with E-state index in [4.69, 9.17) is 15.3 Å². The average Bonchev–Trinajstić information content (AvgIpc) is 2.56. The summed E-state index contributed by atoms with van der Waals surface area (Å²) in [6, 6.07) is 14.8. The van der Waals surface area contributed by atoms with Crippen molar-refractivity contribution in [3.8, 4) is 0 Å². The van der Waals surface area contributed by atoms with Crippen LogP contribution >= 0.6 is 0 Å². The van der Waals surface area contributed by atoms with Crippen LogP contribution < -0.4 is 11.3 Å². The summed E-state index contributed by atoms with van der Waals surface area (Å²) in [5.74, 6) is 5.87. The molecular formula is C17H22N2O2. The van der Waals surface area contributed by atoms with Crippen molar-refractivity contribution < 1.29 is 9.47 Å². The predicted octanol–water partition coefficient (Wildman–Crippen LogP) is 2.54. The summed E-state index contributed by atoms with van der Waals surface area (Å²) in [4.78, 5) is 0. The number of hydrogen-bond acceptors (Lipinski definition) is 4. The molecule has 21 heavy (non-hydrogen) atoms. The van der Waals surface area contributed by atoms with Gasteiger partial charge in [-0.25, -0.2) is 0 Å². The van der Waals surface area contributed by atoms with Crippen molar-refractivity contribution in [2.45, 2.75) is 24.5 Å². The van der Waals surface area contributed by atoms with Crippen LogP contribution in [0.25, 0.3) is 10.8 Å². The van der Waals surface area contributed by atoms with E-state index in [1.807, 2.05) is 0 Å². The van der Waals surface area contributed by atoms with E-state index >= 15 is 0 Å². The first-order valence-corrected chi connectivity index (χ1v) is 7.37. The zero-order valence-corrected chi connectivity index (χ0v) is 12.3. The van der Waals surface area contributed by atoms with Gasteiger partial charge < -0.3 is 9.47 Å². The van der Waals surface area contributed by atoms with Gasteiger partial charge in [-0.05, 0) is 22.4 Å². The number of hydrogen-bond donors (Lipinski definition) is 2. The van der Waals surface area contributed by atoms with Crippen LogP contribution in [-0.2, 0) is 9.47 Å². The minimum atomic E-state index is -0.310. The van der Waals surface area contributed by atoms with Crippen LogP contribution in [0.15, 0.2) is 42.5 Å². The summed E-state index contributed by atoms with van der Waals surface area (Å²) in [6.45, 7) is 1.42. The van der Waals surface area contributed by atoms with Gasteiger partial charge in [-0.15, -0.1) is 0 Å². The number of ether oxygens (including phenoxy) is 2. The van der Waals surface area contributed by atoms with E-state index in [0.717, 1.165) is 18.4 Å². The Bertz CT molecular complexity index is 609. The topological polar surface area (TPSA) is 56.5 Å². The van der Waals surface area contributed by atoms with E-state index in [9.17, 15) is 0 Å². The molecule has 2 aromatic rings. The van der Waals surface area contributed by atoms with Gasteiger partial charge in [0.15, 0.2) is 0 Å². The number of methoxy groups -OCH3 is 1. The first-order chi connectivity index (χ1) is 10.3. The van der Waals surface area contributed by atoms with Crippen molar-refractivity contribution in [3.63, 3.8) is 0 Å². The van der Waals surface area contributed by atoms with E-state index in [1.54, 1.807) is 7.11 Å². The fourth-order valence-corrected chi connectivity index (χ4v) is 3.27. The van der Waals surface area contributed by atoms with Gasteiger partial charge in [0, 0.05) is 33.2 Å². The summed E-state index contributed by atoms with van der Waals surface area (Å²) in [5.41, 5.74) is 3.81. The molecule has 1 saturated heterocycles. The Balaban J connectivity index is 2.00. The maximum Gasteiger partial charge on any atom is 0.0929 e. The molecule has 3 rings (SSSR count). The summed E-state index contributed by atoms with van der Waals surface area (Å²) in [6.07, 6.45) is 1.68. The third-order valence-corrected chi connectivity index (χ3v) is 4.55. The number of benzene rings is 2. The van der Waals surface area contributed by atoms with Crippen molar-refractivity contribution in [1.82, 2.24) is 5.43 Å². The molecule has 0 amide bonds. The van der Waals surface area contributed by atoms with Gasteiger partial charge >= 0.3 is 0 Å². The van der Waals surface area contributed by atoms with Crippen LogP contribution in [0.2, 0.25) is 0 Å². The van der Waals surface area contributed by atoms with Crippen molar-refractivity contribution in [1.29, 1.82) is 0 Å². The van der Waals surface area contributed by atoms with Crippen molar-refractivity contribution >= 4 is 10.8 Å². The molecule has 1 heterocycles. The van der Waals surface area contributed by atoms with Gasteiger partial charge in [-0.1, -0.05) is 36.4 Å². The molecule has 1 atom stereocenters. The lowest BCUT2D eigenvalue weighted by molar-refractivity contribution is -0.111. The van der Waals surface area contributed by atoms with Crippen LogP contribution in [0.4, 0.5) is 0 Å². The van der Waals surface area contributed by atoms with Gasteiger partial charge in [0.1, 0.15) is 0 Å². The Morgan fingerprint density at radius 1 is 1.14 bits per heavy atom.